The first-order valence-corrected chi connectivity index (χ1v) is 6.21. The number of aryl methyl sites for hydroxylation is 2. The number of rotatable bonds is 5. The number of carbonyl (C=O) groups is 1. The molecule has 0 aromatic carbocycles. The Hall–Kier alpha value is -0.870. The molecule has 0 saturated heterocycles. The molecule has 3 N–H and O–H groups in total. The second-order valence-electron chi connectivity index (χ2n) is 4.82. The first-order valence-electron chi connectivity index (χ1n) is 5.39. The fourth-order valence-corrected chi connectivity index (χ4v) is 2.64. The highest BCUT2D eigenvalue weighted by Crippen LogP contribution is 2.21. The van der Waals surface area contributed by atoms with Crippen LogP contribution in [-0.4, -0.2) is 11.4 Å². The van der Waals surface area contributed by atoms with Gasteiger partial charge in [-0.25, -0.2) is 0 Å². The molecule has 0 fully saturated rings. The zero-order chi connectivity index (χ0) is 12.3. The average molecular weight is 240 g/mol. The molecule has 0 bridgehead atoms. The van der Waals surface area contributed by atoms with E-state index in [0.29, 0.717) is 6.42 Å². The highest BCUT2D eigenvalue weighted by molar-refractivity contribution is 7.12. The SMILES string of the molecule is Cc1cc(CNC(C)(C)CC(N)=O)c(C)s1. The van der Waals surface area contributed by atoms with Crippen LogP contribution in [0.15, 0.2) is 6.07 Å². The maximum absolute atomic E-state index is 10.9. The van der Waals surface area contributed by atoms with Crippen molar-refractivity contribution in [1.29, 1.82) is 0 Å². The summed E-state index contributed by atoms with van der Waals surface area (Å²) in [5, 5.41) is 3.37. The number of hydrogen-bond donors (Lipinski definition) is 2. The Bertz CT molecular complexity index is 382. The maximum Gasteiger partial charge on any atom is 0.219 e. The second-order valence-corrected chi connectivity index (χ2v) is 6.28. The minimum absolute atomic E-state index is 0.242. The fraction of sp³-hybridized carbons (Fsp3) is 0.583. The van der Waals surface area contributed by atoms with E-state index in [1.54, 1.807) is 11.3 Å². The highest BCUT2D eigenvalue weighted by Gasteiger charge is 2.20. The molecule has 0 aliphatic heterocycles. The van der Waals surface area contributed by atoms with E-state index in [0.717, 1.165) is 6.54 Å². The van der Waals surface area contributed by atoms with Crippen molar-refractivity contribution in [2.45, 2.75) is 46.2 Å². The molecule has 4 heteroatoms. The van der Waals surface area contributed by atoms with Gasteiger partial charge in [0.1, 0.15) is 0 Å². The van der Waals surface area contributed by atoms with Crippen LogP contribution < -0.4 is 11.1 Å². The summed E-state index contributed by atoms with van der Waals surface area (Å²) in [6.45, 7) is 9.00. The van der Waals surface area contributed by atoms with Crippen LogP contribution in [0.1, 0.15) is 35.6 Å². The van der Waals surface area contributed by atoms with Crippen molar-refractivity contribution in [3.8, 4) is 0 Å². The number of nitrogens with one attached hydrogen (secondary N) is 1. The molecule has 0 saturated carbocycles. The van der Waals surface area contributed by atoms with Crippen LogP contribution in [0.25, 0.3) is 0 Å². The van der Waals surface area contributed by atoms with Gasteiger partial charge in [-0.15, -0.1) is 11.3 Å². The molecule has 3 nitrogen and oxygen atoms in total. The molecule has 0 radical (unpaired) electrons. The smallest absolute Gasteiger partial charge is 0.219 e. The van der Waals surface area contributed by atoms with Crippen LogP contribution in [0.2, 0.25) is 0 Å². The standard InChI is InChI=1S/C12H20N2OS/c1-8-5-10(9(2)16-8)7-14-12(3,4)6-11(13)15/h5,14H,6-7H2,1-4H3,(H2,13,15). The van der Waals surface area contributed by atoms with Crippen molar-refractivity contribution in [3.05, 3.63) is 21.4 Å². The number of amides is 1. The van der Waals surface area contributed by atoms with E-state index < -0.39 is 0 Å². The van der Waals surface area contributed by atoms with E-state index in [1.165, 1.54) is 15.3 Å². The van der Waals surface area contributed by atoms with Crippen LogP contribution in [0.5, 0.6) is 0 Å². The first-order chi connectivity index (χ1) is 7.30. The molecule has 1 amide bonds. The molecular weight excluding hydrogens is 220 g/mol. The summed E-state index contributed by atoms with van der Waals surface area (Å²) < 4.78 is 0. The lowest BCUT2D eigenvalue weighted by molar-refractivity contribution is -0.119. The number of carbonyl (C=O) groups excluding carboxylic acids is 1. The Kier molecular flexibility index (Phi) is 4.10. The highest BCUT2D eigenvalue weighted by atomic mass is 32.1. The van der Waals surface area contributed by atoms with Gasteiger partial charge in [0.15, 0.2) is 0 Å². The van der Waals surface area contributed by atoms with Crippen molar-refractivity contribution < 1.29 is 4.79 Å². The monoisotopic (exact) mass is 240 g/mol. The second kappa shape index (κ2) is 4.97. The van der Waals surface area contributed by atoms with E-state index >= 15 is 0 Å². The van der Waals surface area contributed by atoms with Crippen molar-refractivity contribution in [2.24, 2.45) is 5.73 Å². The summed E-state index contributed by atoms with van der Waals surface area (Å²) >= 11 is 1.80. The largest absolute Gasteiger partial charge is 0.370 e. The van der Waals surface area contributed by atoms with E-state index in [1.807, 2.05) is 13.8 Å². The van der Waals surface area contributed by atoms with E-state index in [4.69, 9.17) is 5.73 Å². The maximum atomic E-state index is 10.9. The van der Waals surface area contributed by atoms with Gasteiger partial charge in [0.2, 0.25) is 5.91 Å². The van der Waals surface area contributed by atoms with E-state index in [2.05, 4.69) is 25.2 Å². The topological polar surface area (TPSA) is 55.1 Å². The minimum atomic E-state index is -0.268. The lowest BCUT2D eigenvalue weighted by atomic mass is 10.00. The Labute approximate surface area is 101 Å². The molecule has 0 spiro atoms. The fourth-order valence-electron chi connectivity index (χ4n) is 1.69. The molecule has 16 heavy (non-hydrogen) atoms. The predicted molar refractivity (Wildman–Crippen MR) is 68.5 cm³/mol. The van der Waals surface area contributed by atoms with E-state index in [-0.39, 0.29) is 11.4 Å². The minimum Gasteiger partial charge on any atom is -0.370 e. The first kappa shape index (κ1) is 13.2. The lowest BCUT2D eigenvalue weighted by Gasteiger charge is -2.24. The molecule has 1 rings (SSSR count). The number of hydrogen-bond acceptors (Lipinski definition) is 3. The zero-order valence-corrected chi connectivity index (χ0v) is 11.2. The summed E-state index contributed by atoms with van der Waals surface area (Å²) in [5.74, 6) is -0.268. The third kappa shape index (κ3) is 3.94. The van der Waals surface area contributed by atoms with E-state index in [9.17, 15) is 4.79 Å². The van der Waals surface area contributed by atoms with Gasteiger partial charge in [0, 0.05) is 28.3 Å². The predicted octanol–water partition coefficient (Wildman–Crippen LogP) is 2.11. The zero-order valence-electron chi connectivity index (χ0n) is 10.4. The van der Waals surface area contributed by atoms with Crippen molar-refractivity contribution in [1.82, 2.24) is 5.32 Å². The molecule has 90 valence electrons. The number of nitrogens with two attached hydrogens (primary N) is 1. The Morgan fingerprint density at radius 2 is 2.12 bits per heavy atom. The van der Waals surface area contributed by atoms with Gasteiger partial charge < -0.3 is 11.1 Å². The van der Waals surface area contributed by atoms with Gasteiger partial charge in [-0.3, -0.25) is 4.79 Å². The van der Waals surface area contributed by atoms with Gasteiger partial charge in [-0.2, -0.15) is 0 Å². The summed E-state index contributed by atoms with van der Waals surface area (Å²) in [6.07, 6.45) is 0.356. The number of primary amides is 1. The van der Waals surface area contributed by atoms with Crippen molar-refractivity contribution in [2.75, 3.05) is 0 Å². The van der Waals surface area contributed by atoms with Crippen LogP contribution in [-0.2, 0) is 11.3 Å². The molecule has 0 atom stereocenters. The van der Waals surface area contributed by atoms with Gasteiger partial charge in [0.25, 0.3) is 0 Å². The van der Waals surface area contributed by atoms with Gasteiger partial charge >= 0.3 is 0 Å². The van der Waals surface area contributed by atoms with Crippen LogP contribution in [0.3, 0.4) is 0 Å². The van der Waals surface area contributed by atoms with Crippen molar-refractivity contribution in [3.63, 3.8) is 0 Å². The van der Waals surface area contributed by atoms with Crippen molar-refractivity contribution >= 4 is 17.2 Å². The molecular formula is C12H20N2OS. The Balaban J connectivity index is 2.57. The summed E-state index contributed by atoms with van der Waals surface area (Å²) in [7, 11) is 0. The Morgan fingerprint density at radius 3 is 2.56 bits per heavy atom. The molecule has 0 unspecified atom stereocenters. The molecule has 1 aromatic heterocycles. The normalized spacial score (nSPS) is 11.8. The van der Waals surface area contributed by atoms with Gasteiger partial charge in [-0.05, 0) is 39.3 Å². The third-order valence-electron chi connectivity index (χ3n) is 2.52. The van der Waals surface area contributed by atoms with Crippen LogP contribution in [0.4, 0.5) is 0 Å². The van der Waals surface area contributed by atoms with Gasteiger partial charge in [0.05, 0.1) is 0 Å². The third-order valence-corrected chi connectivity index (χ3v) is 3.53. The Morgan fingerprint density at radius 1 is 1.50 bits per heavy atom. The molecule has 1 aromatic rings. The molecule has 0 aliphatic rings. The van der Waals surface area contributed by atoms with Crippen LogP contribution in [0, 0.1) is 13.8 Å². The lowest BCUT2D eigenvalue weighted by Crippen LogP contribution is -2.42. The number of thiophene rings is 1. The quantitative estimate of drug-likeness (QED) is 0.828. The van der Waals surface area contributed by atoms with Gasteiger partial charge in [-0.1, -0.05) is 0 Å². The molecule has 0 aliphatic carbocycles. The van der Waals surface area contributed by atoms with Crippen LogP contribution >= 0.6 is 11.3 Å². The summed E-state index contributed by atoms with van der Waals surface area (Å²) in [5.41, 5.74) is 6.27. The summed E-state index contributed by atoms with van der Waals surface area (Å²) in [6, 6.07) is 2.19. The average Bonchev–Trinajstić information content (AvgIpc) is 2.39. The summed E-state index contributed by atoms with van der Waals surface area (Å²) in [4.78, 5) is 13.5. The molecule has 1 heterocycles.